The van der Waals surface area contributed by atoms with Gasteiger partial charge in [-0.1, -0.05) is 41.9 Å². The molecule has 0 saturated heterocycles. The summed E-state index contributed by atoms with van der Waals surface area (Å²) in [7, 11) is -3.69. The summed E-state index contributed by atoms with van der Waals surface area (Å²) in [6.07, 6.45) is 0. The normalized spacial score (nSPS) is 11.5. The third kappa shape index (κ3) is 3.44. The average molecular weight is 345 g/mol. The zero-order valence-electron chi connectivity index (χ0n) is 12.1. The Labute approximate surface area is 139 Å². The van der Waals surface area contributed by atoms with Gasteiger partial charge in [-0.05, 0) is 47.2 Å². The molecule has 0 aliphatic carbocycles. The molecule has 3 nitrogen and oxygen atoms in total. The van der Waals surface area contributed by atoms with E-state index in [1.807, 2.05) is 24.3 Å². The molecular weight excluding hydrogens is 332 g/mol. The number of benzene rings is 3. The maximum atomic E-state index is 12.5. The van der Waals surface area contributed by atoms with Crippen LogP contribution in [0.15, 0.2) is 71.6 Å². The number of ketones is 1. The second-order valence-corrected chi connectivity index (χ2v) is 7.62. The summed E-state index contributed by atoms with van der Waals surface area (Å²) in [6.45, 7) is 0. The van der Waals surface area contributed by atoms with E-state index in [-0.39, 0.29) is 4.90 Å². The molecule has 0 spiro atoms. The van der Waals surface area contributed by atoms with Gasteiger partial charge in [0.15, 0.2) is 15.6 Å². The van der Waals surface area contributed by atoms with Gasteiger partial charge in [0.1, 0.15) is 5.75 Å². The van der Waals surface area contributed by atoms with E-state index in [0.717, 1.165) is 10.8 Å². The highest BCUT2D eigenvalue weighted by molar-refractivity contribution is 7.92. The summed E-state index contributed by atoms with van der Waals surface area (Å²) < 4.78 is 25.0. The first-order valence-corrected chi connectivity index (χ1v) is 8.99. The molecule has 0 amide bonds. The quantitative estimate of drug-likeness (QED) is 0.668. The number of hydrogen-bond donors (Lipinski definition) is 0. The highest BCUT2D eigenvalue weighted by Crippen LogP contribution is 2.21. The van der Waals surface area contributed by atoms with Gasteiger partial charge in [-0.3, -0.25) is 4.79 Å². The third-order valence-electron chi connectivity index (χ3n) is 3.57. The molecule has 23 heavy (non-hydrogen) atoms. The highest BCUT2D eigenvalue weighted by atomic mass is 35.5. The summed E-state index contributed by atoms with van der Waals surface area (Å²) in [5.74, 6) is -1.01. The smallest absolute Gasteiger partial charge is 0.185 e. The van der Waals surface area contributed by atoms with Crippen LogP contribution >= 0.6 is 11.6 Å². The molecular formula is C18H13ClO3S. The van der Waals surface area contributed by atoms with Crippen molar-refractivity contribution in [1.29, 1.82) is 0 Å². The van der Waals surface area contributed by atoms with Crippen LogP contribution in [-0.4, -0.2) is 20.0 Å². The highest BCUT2D eigenvalue weighted by Gasteiger charge is 2.20. The number of halogens is 1. The van der Waals surface area contributed by atoms with E-state index in [1.165, 1.54) is 18.2 Å². The fraction of sp³-hybridized carbons (Fsp3) is 0.0556. The summed E-state index contributed by atoms with van der Waals surface area (Å²) in [6, 6.07) is 18.6. The molecule has 0 N–H and O–H groups in total. The van der Waals surface area contributed by atoms with Gasteiger partial charge in [0.25, 0.3) is 0 Å². The van der Waals surface area contributed by atoms with E-state index in [0.29, 0.717) is 10.6 Å². The Morgan fingerprint density at radius 2 is 1.52 bits per heavy atom. The van der Waals surface area contributed by atoms with E-state index in [9.17, 15) is 13.2 Å². The first-order valence-electron chi connectivity index (χ1n) is 6.96. The molecule has 5 heteroatoms. The van der Waals surface area contributed by atoms with E-state index in [4.69, 9.17) is 11.6 Å². The van der Waals surface area contributed by atoms with Crippen LogP contribution in [0, 0.1) is 0 Å². The average Bonchev–Trinajstić information content (AvgIpc) is 2.54. The Morgan fingerprint density at radius 3 is 2.22 bits per heavy atom. The molecule has 0 aliphatic rings. The number of fused-ring (bicyclic) bond motifs is 1. The van der Waals surface area contributed by atoms with Crippen molar-refractivity contribution >= 4 is 38.0 Å². The van der Waals surface area contributed by atoms with Crippen LogP contribution in [0.25, 0.3) is 10.8 Å². The topological polar surface area (TPSA) is 51.2 Å². The standard InChI is InChI=1S/C18H13ClO3S/c19-16-8-5-14(6-9-16)18(20)12-23(21,22)17-10-7-13-3-1-2-4-15(13)11-17/h1-11H,12H2. The summed E-state index contributed by atoms with van der Waals surface area (Å²) in [5, 5.41) is 2.28. The summed E-state index contributed by atoms with van der Waals surface area (Å²) in [4.78, 5) is 12.3. The van der Waals surface area contributed by atoms with Gasteiger partial charge < -0.3 is 0 Å². The number of sulfone groups is 1. The van der Waals surface area contributed by atoms with Crippen LogP contribution in [0.3, 0.4) is 0 Å². The molecule has 0 fully saturated rings. The van der Waals surface area contributed by atoms with Crippen LogP contribution in [0.1, 0.15) is 10.4 Å². The summed E-state index contributed by atoms with van der Waals surface area (Å²) >= 11 is 5.77. The maximum absolute atomic E-state index is 12.5. The lowest BCUT2D eigenvalue weighted by molar-refractivity contribution is 0.102. The second kappa shape index (κ2) is 6.14. The molecule has 0 heterocycles. The van der Waals surface area contributed by atoms with E-state index in [1.54, 1.807) is 24.3 Å². The van der Waals surface area contributed by atoms with E-state index < -0.39 is 21.4 Å². The number of hydrogen-bond acceptors (Lipinski definition) is 3. The molecule has 3 aromatic carbocycles. The molecule has 0 saturated carbocycles. The Hall–Kier alpha value is -2.17. The number of carbonyl (C=O) groups is 1. The van der Waals surface area contributed by atoms with Gasteiger partial charge >= 0.3 is 0 Å². The predicted molar refractivity (Wildman–Crippen MR) is 91.8 cm³/mol. The van der Waals surface area contributed by atoms with Crippen molar-refractivity contribution in [1.82, 2.24) is 0 Å². The molecule has 0 radical (unpaired) electrons. The Kier molecular flexibility index (Phi) is 4.20. The predicted octanol–water partition coefficient (Wildman–Crippen LogP) is 4.15. The number of rotatable bonds is 4. The Morgan fingerprint density at radius 1 is 0.870 bits per heavy atom. The first-order chi connectivity index (χ1) is 11.0. The van der Waals surface area contributed by atoms with Crippen molar-refractivity contribution in [2.75, 3.05) is 5.75 Å². The van der Waals surface area contributed by atoms with Gasteiger partial charge in [0.2, 0.25) is 0 Å². The molecule has 0 bridgehead atoms. The second-order valence-electron chi connectivity index (χ2n) is 5.20. The molecule has 0 atom stereocenters. The van der Waals surface area contributed by atoms with Crippen molar-refractivity contribution in [2.24, 2.45) is 0 Å². The van der Waals surface area contributed by atoms with Crippen molar-refractivity contribution in [3.05, 3.63) is 77.3 Å². The summed E-state index contributed by atoms with van der Waals surface area (Å²) in [5.41, 5.74) is 0.332. The zero-order chi connectivity index (χ0) is 16.4. The van der Waals surface area contributed by atoms with Crippen molar-refractivity contribution in [3.8, 4) is 0 Å². The van der Waals surface area contributed by atoms with Crippen molar-refractivity contribution in [2.45, 2.75) is 4.90 Å². The monoisotopic (exact) mass is 344 g/mol. The van der Waals surface area contributed by atoms with Crippen molar-refractivity contribution < 1.29 is 13.2 Å². The molecule has 0 aromatic heterocycles. The van der Waals surface area contributed by atoms with E-state index in [2.05, 4.69) is 0 Å². The third-order valence-corrected chi connectivity index (χ3v) is 5.43. The van der Waals surface area contributed by atoms with Gasteiger partial charge in [0.05, 0.1) is 4.90 Å². The minimum atomic E-state index is -3.69. The minimum Gasteiger partial charge on any atom is -0.293 e. The largest absolute Gasteiger partial charge is 0.293 e. The van der Waals surface area contributed by atoms with Crippen LogP contribution < -0.4 is 0 Å². The Bertz CT molecular complexity index is 977. The Balaban J connectivity index is 1.90. The number of Topliss-reactive ketones (excluding diaryl/α,β-unsaturated/α-hetero) is 1. The van der Waals surface area contributed by atoms with E-state index >= 15 is 0 Å². The molecule has 116 valence electrons. The first kappa shape index (κ1) is 15.7. The van der Waals surface area contributed by atoms with Crippen LogP contribution in [0.4, 0.5) is 0 Å². The van der Waals surface area contributed by atoms with Gasteiger partial charge in [-0.15, -0.1) is 0 Å². The minimum absolute atomic E-state index is 0.151. The molecule has 0 aliphatic heterocycles. The lowest BCUT2D eigenvalue weighted by Crippen LogP contribution is -2.16. The van der Waals surface area contributed by atoms with Crippen LogP contribution in [-0.2, 0) is 9.84 Å². The number of carbonyl (C=O) groups excluding carboxylic acids is 1. The van der Waals surface area contributed by atoms with Gasteiger partial charge in [0, 0.05) is 10.6 Å². The van der Waals surface area contributed by atoms with Gasteiger partial charge in [-0.2, -0.15) is 0 Å². The molecule has 3 rings (SSSR count). The zero-order valence-corrected chi connectivity index (χ0v) is 13.6. The molecule has 0 unspecified atom stereocenters. The molecule has 3 aromatic rings. The SMILES string of the molecule is O=C(CS(=O)(=O)c1ccc2ccccc2c1)c1ccc(Cl)cc1. The lowest BCUT2D eigenvalue weighted by Gasteiger charge is -2.06. The fourth-order valence-electron chi connectivity index (χ4n) is 2.34. The van der Waals surface area contributed by atoms with Crippen LogP contribution in [0.2, 0.25) is 5.02 Å². The lowest BCUT2D eigenvalue weighted by atomic mass is 10.1. The van der Waals surface area contributed by atoms with Gasteiger partial charge in [-0.25, -0.2) is 8.42 Å². The fourth-order valence-corrected chi connectivity index (χ4v) is 3.72. The van der Waals surface area contributed by atoms with Crippen molar-refractivity contribution in [3.63, 3.8) is 0 Å². The van der Waals surface area contributed by atoms with Crippen LogP contribution in [0.5, 0.6) is 0 Å². The maximum Gasteiger partial charge on any atom is 0.185 e.